The Morgan fingerprint density at radius 3 is 2.62 bits per heavy atom. The number of nitrogens with zero attached hydrogens (tertiary/aromatic N) is 1. The fraction of sp³-hybridized carbons (Fsp3) is 0.462. The average Bonchev–Trinajstić information content (AvgIpc) is 2.76. The summed E-state index contributed by atoms with van der Waals surface area (Å²) >= 11 is 0. The highest BCUT2D eigenvalue weighted by Crippen LogP contribution is 2.36. The first-order valence-electron chi connectivity index (χ1n) is 5.84. The molecule has 0 saturated carbocycles. The van der Waals surface area contributed by atoms with E-state index in [0.717, 1.165) is 31.7 Å². The van der Waals surface area contributed by atoms with E-state index < -0.39 is 0 Å². The van der Waals surface area contributed by atoms with E-state index in [0.29, 0.717) is 5.41 Å². The van der Waals surface area contributed by atoms with Crippen LogP contribution in [-0.4, -0.2) is 37.0 Å². The Labute approximate surface area is 95.4 Å². The summed E-state index contributed by atoms with van der Waals surface area (Å²) in [6.45, 7) is 4.03. The van der Waals surface area contributed by atoms with Crippen molar-refractivity contribution in [3.8, 4) is 0 Å². The molecule has 3 rings (SSSR count). The normalized spacial score (nSPS) is 22.1. The largest absolute Gasteiger partial charge is 0.337 e. The van der Waals surface area contributed by atoms with E-state index in [1.807, 2.05) is 35.2 Å². The molecule has 1 N–H and O–H groups in total. The average molecular weight is 216 g/mol. The molecule has 2 aliphatic heterocycles. The lowest BCUT2D eigenvalue weighted by molar-refractivity contribution is 0.0159. The van der Waals surface area contributed by atoms with Crippen LogP contribution in [0.4, 0.5) is 0 Å². The number of likely N-dealkylation sites (tertiary alicyclic amines) is 1. The van der Waals surface area contributed by atoms with Gasteiger partial charge in [0, 0.05) is 30.6 Å². The first kappa shape index (κ1) is 9.85. The minimum absolute atomic E-state index is 0.179. The molecule has 2 aliphatic rings. The molecule has 16 heavy (non-hydrogen) atoms. The zero-order valence-electron chi connectivity index (χ0n) is 9.28. The monoisotopic (exact) mass is 216 g/mol. The second-order valence-electron chi connectivity index (χ2n) is 4.95. The highest BCUT2D eigenvalue weighted by Gasteiger charge is 2.46. The van der Waals surface area contributed by atoms with Gasteiger partial charge in [-0.15, -0.1) is 0 Å². The molecule has 1 amide bonds. The third kappa shape index (κ3) is 1.52. The van der Waals surface area contributed by atoms with E-state index in [4.69, 9.17) is 0 Å². The van der Waals surface area contributed by atoms with E-state index >= 15 is 0 Å². The molecule has 3 heteroatoms. The lowest BCUT2D eigenvalue weighted by atomic mass is 9.79. The molecule has 3 nitrogen and oxygen atoms in total. The third-order valence-electron chi connectivity index (χ3n) is 3.69. The van der Waals surface area contributed by atoms with Crippen LogP contribution in [0.5, 0.6) is 0 Å². The van der Waals surface area contributed by atoms with Crippen LogP contribution in [0, 0.1) is 5.41 Å². The molecule has 0 aromatic heterocycles. The van der Waals surface area contributed by atoms with Crippen LogP contribution < -0.4 is 5.32 Å². The molecule has 0 atom stereocenters. The first-order valence-corrected chi connectivity index (χ1v) is 5.84. The van der Waals surface area contributed by atoms with Crippen molar-refractivity contribution in [3.05, 3.63) is 35.9 Å². The predicted molar refractivity (Wildman–Crippen MR) is 62.3 cm³/mol. The second kappa shape index (κ2) is 3.59. The second-order valence-corrected chi connectivity index (χ2v) is 4.95. The molecule has 84 valence electrons. The van der Waals surface area contributed by atoms with Crippen molar-refractivity contribution in [2.75, 3.05) is 26.2 Å². The highest BCUT2D eigenvalue weighted by molar-refractivity contribution is 5.94. The van der Waals surface area contributed by atoms with Gasteiger partial charge in [0.25, 0.3) is 5.91 Å². The van der Waals surface area contributed by atoms with E-state index in [-0.39, 0.29) is 5.91 Å². The summed E-state index contributed by atoms with van der Waals surface area (Å²) in [5, 5.41) is 3.38. The predicted octanol–water partition coefficient (Wildman–Crippen LogP) is 1.12. The van der Waals surface area contributed by atoms with Gasteiger partial charge in [0.05, 0.1) is 0 Å². The van der Waals surface area contributed by atoms with E-state index in [1.54, 1.807) is 0 Å². The van der Waals surface area contributed by atoms with E-state index in [2.05, 4.69) is 5.32 Å². The van der Waals surface area contributed by atoms with Crippen LogP contribution >= 0.6 is 0 Å². The lowest BCUT2D eigenvalue weighted by Crippen LogP contribution is -2.59. The number of carbonyl (C=O) groups is 1. The van der Waals surface area contributed by atoms with Gasteiger partial charge < -0.3 is 10.2 Å². The Balaban J connectivity index is 1.66. The zero-order valence-corrected chi connectivity index (χ0v) is 9.28. The molecule has 1 aromatic carbocycles. The molecule has 2 heterocycles. The number of benzene rings is 1. The molecular formula is C13H16N2O. The molecule has 1 aromatic rings. The smallest absolute Gasteiger partial charge is 0.253 e. The summed E-state index contributed by atoms with van der Waals surface area (Å²) in [5.41, 5.74) is 1.20. The molecule has 1 spiro atoms. The van der Waals surface area contributed by atoms with E-state index in [1.165, 1.54) is 6.42 Å². The Bertz CT molecular complexity index is 388. The summed E-state index contributed by atoms with van der Waals surface area (Å²) < 4.78 is 0. The van der Waals surface area contributed by atoms with Gasteiger partial charge in [-0.25, -0.2) is 0 Å². The number of hydrogen-bond donors (Lipinski definition) is 1. The van der Waals surface area contributed by atoms with Crippen molar-refractivity contribution < 1.29 is 4.79 Å². The van der Waals surface area contributed by atoms with Gasteiger partial charge in [-0.3, -0.25) is 4.79 Å². The number of carbonyl (C=O) groups excluding carboxylic acids is 1. The Morgan fingerprint density at radius 1 is 1.25 bits per heavy atom. The minimum Gasteiger partial charge on any atom is -0.337 e. The molecule has 0 unspecified atom stereocenters. The maximum Gasteiger partial charge on any atom is 0.253 e. The minimum atomic E-state index is 0.179. The molecule has 0 radical (unpaired) electrons. The fourth-order valence-corrected chi connectivity index (χ4v) is 2.74. The highest BCUT2D eigenvalue weighted by atomic mass is 16.2. The standard InChI is InChI=1S/C13H16N2O/c16-12(11-4-2-1-3-5-11)15-9-13(10-15)6-7-14-8-13/h1-5,14H,6-10H2. The van der Waals surface area contributed by atoms with Gasteiger partial charge in [-0.1, -0.05) is 18.2 Å². The van der Waals surface area contributed by atoms with Gasteiger partial charge in [0.15, 0.2) is 0 Å². The summed E-state index contributed by atoms with van der Waals surface area (Å²) in [4.78, 5) is 14.0. The lowest BCUT2D eigenvalue weighted by Gasteiger charge is -2.47. The van der Waals surface area contributed by atoms with Gasteiger partial charge >= 0.3 is 0 Å². The molecule has 0 aliphatic carbocycles. The van der Waals surface area contributed by atoms with Crippen molar-refractivity contribution in [3.63, 3.8) is 0 Å². The molecular weight excluding hydrogens is 200 g/mol. The van der Waals surface area contributed by atoms with Crippen LogP contribution in [0.1, 0.15) is 16.8 Å². The molecule has 2 saturated heterocycles. The maximum atomic E-state index is 12.1. The first-order chi connectivity index (χ1) is 7.79. The summed E-state index contributed by atoms with van der Waals surface area (Å²) in [5.74, 6) is 0.179. The van der Waals surface area contributed by atoms with Crippen molar-refractivity contribution in [2.24, 2.45) is 5.41 Å². The van der Waals surface area contributed by atoms with Crippen LogP contribution in [0.2, 0.25) is 0 Å². The topological polar surface area (TPSA) is 32.3 Å². The fourth-order valence-electron chi connectivity index (χ4n) is 2.74. The van der Waals surface area contributed by atoms with Gasteiger partial charge in [0.2, 0.25) is 0 Å². The summed E-state index contributed by atoms with van der Waals surface area (Å²) in [7, 11) is 0. The van der Waals surface area contributed by atoms with Gasteiger partial charge in [-0.05, 0) is 25.1 Å². The summed E-state index contributed by atoms with van der Waals surface area (Å²) in [6.07, 6.45) is 1.21. The Kier molecular flexibility index (Phi) is 2.21. The number of hydrogen-bond acceptors (Lipinski definition) is 2. The zero-order chi connectivity index (χ0) is 11.0. The van der Waals surface area contributed by atoms with Crippen LogP contribution in [0.25, 0.3) is 0 Å². The van der Waals surface area contributed by atoms with Crippen LogP contribution in [0.3, 0.4) is 0 Å². The Morgan fingerprint density at radius 2 is 2.00 bits per heavy atom. The number of nitrogens with one attached hydrogen (secondary N) is 1. The van der Waals surface area contributed by atoms with Crippen LogP contribution in [0.15, 0.2) is 30.3 Å². The van der Waals surface area contributed by atoms with Crippen molar-refractivity contribution in [1.82, 2.24) is 10.2 Å². The SMILES string of the molecule is O=C(c1ccccc1)N1CC2(CCNC2)C1. The molecule has 2 fully saturated rings. The van der Waals surface area contributed by atoms with Gasteiger partial charge in [0.1, 0.15) is 0 Å². The summed E-state index contributed by atoms with van der Waals surface area (Å²) in [6, 6.07) is 9.55. The quantitative estimate of drug-likeness (QED) is 0.763. The third-order valence-corrected chi connectivity index (χ3v) is 3.69. The maximum absolute atomic E-state index is 12.1. The van der Waals surface area contributed by atoms with E-state index in [9.17, 15) is 4.79 Å². The van der Waals surface area contributed by atoms with Crippen molar-refractivity contribution >= 4 is 5.91 Å². The van der Waals surface area contributed by atoms with Crippen molar-refractivity contribution in [1.29, 1.82) is 0 Å². The van der Waals surface area contributed by atoms with Crippen molar-refractivity contribution in [2.45, 2.75) is 6.42 Å². The molecule has 0 bridgehead atoms. The van der Waals surface area contributed by atoms with Gasteiger partial charge in [-0.2, -0.15) is 0 Å². The van der Waals surface area contributed by atoms with Crippen LogP contribution in [-0.2, 0) is 0 Å². The Hall–Kier alpha value is -1.35. The number of amides is 1. The number of rotatable bonds is 1.